The van der Waals surface area contributed by atoms with Gasteiger partial charge < -0.3 is 4.74 Å². The van der Waals surface area contributed by atoms with Crippen LogP contribution in [-0.4, -0.2) is 14.5 Å². The topological polar surface area (TPSA) is 72.5 Å². The molecule has 0 bridgehead atoms. The van der Waals surface area contributed by atoms with Crippen LogP contribution >= 0.6 is 0 Å². The maximum absolute atomic E-state index is 12.5. The highest BCUT2D eigenvalue weighted by atomic mass is 32.2. The summed E-state index contributed by atoms with van der Waals surface area (Å²) in [5.74, 6) is 0.420. The molecule has 5 nitrogen and oxygen atoms in total. The second-order valence-electron chi connectivity index (χ2n) is 5.17. The fourth-order valence-electron chi connectivity index (χ4n) is 2.19. The number of hydrogen-bond acceptors (Lipinski definition) is 4. The molecule has 0 spiro atoms. The number of para-hydroxylation sites is 1. The van der Waals surface area contributed by atoms with E-state index in [2.05, 4.69) is 5.32 Å². The van der Waals surface area contributed by atoms with Crippen LogP contribution in [0.5, 0.6) is 5.75 Å². The van der Waals surface area contributed by atoms with Crippen LogP contribution in [0.2, 0.25) is 0 Å². The van der Waals surface area contributed by atoms with Crippen molar-refractivity contribution in [3.05, 3.63) is 84.9 Å². The van der Waals surface area contributed by atoms with Crippen molar-refractivity contribution in [2.45, 2.75) is 9.79 Å². The van der Waals surface area contributed by atoms with Gasteiger partial charge in [-0.05, 0) is 48.5 Å². The zero-order valence-corrected chi connectivity index (χ0v) is 13.9. The number of hydrogen-bond donors (Lipinski definition) is 1. The summed E-state index contributed by atoms with van der Waals surface area (Å²) in [4.78, 5) is 12.2. The number of sulfone groups is 1. The van der Waals surface area contributed by atoms with Gasteiger partial charge in [0.15, 0.2) is 0 Å². The molecule has 0 saturated carbocycles. The average molecular weight is 353 g/mol. The first-order chi connectivity index (χ1) is 12.1. The molecule has 3 aromatic rings. The molecule has 1 N–H and O–H groups in total. The van der Waals surface area contributed by atoms with Crippen LogP contribution in [-0.2, 0) is 9.84 Å². The van der Waals surface area contributed by atoms with Crippen LogP contribution in [0.25, 0.3) is 0 Å². The van der Waals surface area contributed by atoms with Crippen molar-refractivity contribution in [1.82, 2.24) is 0 Å². The van der Waals surface area contributed by atoms with E-state index in [1.807, 2.05) is 6.07 Å². The fourth-order valence-corrected chi connectivity index (χ4v) is 3.47. The van der Waals surface area contributed by atoms with Gasteiger partial charge in [-0.1, -0.05) is 36.4 Å². The van der Waals surface area contributed by atoms with Crippen molar-refractivity contribution in [1.29, 1.82) is 0 Å². The minimum absolute atomic E-state index is 0.153. The number of rotatable bonds is 4. The standard InChI is InChI=1S/C19H15NO4S/c21-19(24-16-7-3-1-4-8-16)20-15-11-13-18(14-12-15)25(22,23)17-9-5-2-6-10-17/h1-14H,(H,20,21). The Hall–Kier alpha value is -3.12. The number of carbonyl (C=O) groups is 1. The van der Waals surface area contributed by atoms with Crippen LogP contribution in [0.1, 0.15) is 0 Å². The van der Waals surface area contributed by atoms with Gasteiger partial charge in [0, 0.05) is 5.69 Å². The predicted molar refractivity (Wildman–Crippen MR) is 94.4 cm³/mol. The van der Waals surface area contributed by atoms with E-state index in [-0.39, 0.29) is 9.79 Å². The van der Waals surface area contributed by atoms with E-state index in [0.717, 1.165) is 0 Å². The van der Waals surface area contributed by atoms with Gasteiger partial charge in [0.25, 0.3) is 0 Å². The molecule has 0 atom stereocenters. The monoisotopic (exact) mass is 353 g/mol. The molecular weight excluding hydrogens is 338 g/mol. The van der Waals surface area contributed by atoms with E-state index in [9.17, 15) is 13.2 Å². The molecule has 3 rings (SSSR count). The Bertz CT molecular complexity index is 953. The summed E-state index contributed by atoms with van der Waals surface area (Å²) in [5, 5.41) is 2.55. The molecule has 25 heavy (non-hydrogen) atoms. The molecule has 0 aliphatic heterocycles. The number of ether oxygens (including phenoxy) is 1. The molecule has 0 radical (unpaired) electrons. The first-order valence-electron chi connectivity index (χ1n) is 7.50. The lowest BCUT2D eigenvalue weighted by Gasteiger charge is -2.08. The van der Waals surface area contributed by atoms with Gasteiger partial charge in [-0.2, -0.15) is 0 Å². The van der Waals surface area contributed by atoms with E-state index in [1.54, 1.807) is 54.6 Å². The second-order valence-corrected chi connectivity index (χ2v) is 7.12. The van der Waals surface area contributed by atoms with Crippen LogP contribution in [0.15, 0.2) is 94.7 Å². The molecule has 0 heterocycles. The third-order valence-corrected chi connectivity index (χ3v) is 5.20. The number of carbonyl (C=O) groups excluding carboxylic acids is 1. The number of nitrogens with one attached hydrogen (secondary N) is 1. The minimum atomic E-state index is -3.58. The molecule has 1 amide bonds. The Morgan fingerprint density at radius 1 is 0.720 bits per heavy atom. The quantitative estimate of drug-likeness (QED) is 0.765. The molecule has 0 aromatic heterocycles. The van der Waals surface area contributed by atoms with Gasteiger partial charge in [-0.3, -0.25) is 5.32 Å². The van der Waals surface area contributed by atoms with E-state index >= 15 is 0 Å². The minimum Gasteiger partial charge on any atom is -0.410 e. The van der Waals surface area contributed by atoms with E-state index in [1.165, 1.54) is 24.3 Å². The van der Waals surface area contributed by atoms with E-state index in [0.29, 0.717) is 11.4 Å². The van der Waals surface area contributed by atoms with Crippen molar-refractivity contribution >= 4 is 21.6 Å². The Morgan fingerprint density at radius 2 is 1.24 bits per heavy atom. The van der Waals surface area contributed by atoms with Gasteiger partial charge in [0.05, 0.1) is 9.79 Å². The highest BCUT2D eigenvalue weighted by Gasteiger charge is 2.17. The molecule has 0 unspecified atom stereocenters. The maximum atomic E-state index is 12.5. The molecule has 3 aromatic carbocycles. The fraction of sp³-hybridized carbons (Fsp3) is 0. The average Bonchev–Trinajstić information content (AvgIpc) is 2.63. The Morgan fingerprint density at radius 3 is 1.84 bits per heavy atom. The van der Waals surface area contributed by atoms with Crippen LogP contribution in [0.4, 0.5) is 10.5 Å². The van der Waals surface area contributed by atoms with Crippen LogP contribution in [0, 0.1) is 0 Å². The summed E-state index contributed by atoms with van der Waals surface area (Å²) in [6.07, 6.45) is -0.648. The molecule has 0 saturated heterocycles. The van der Waals surface area contributed by atoms with E-state index < -0.39 is 15.9 Å². The molecule has 0 aliphatic carbocycles. The normalized spacial score (nSPS) is 10.9. The number of benzene rings is 3. The first-order valence-corrected chi connectivity index (χ1v) is 8.98. The molecule has 0 fully saturated rings. The largest absolute Gasteiger partial charge is 0.417 e. The Kier molecular flexibility index (Phi) is 4.81. The summed E-state index contributed by atoms with van der Waals surface area (Å²) >= 11 is 0. The highest BCUT2D eigenvalue weighted by Crippen LogP contribution is 2.22. The third-order valence-electron chi connectivity index (χ3n) is 3.42. The van der Waals surface area contributed by atoms with Gasteiger partial charge in [0.1, 0.15) is 5.75 Å². The van der Waals surface area contributed by atoms with Gasteiger partial charge in [-0.15, -0.1) is 0 Å². The molecule has 126 valence electrons. The number of amides is 1. The SMILES string of the molecule is O=C(Nc1ccc(S(=O)(=O)c2ccccc2)cc1)Oc1ccccc1. The van der Waals surface area contributed by atoms with Gasteiger partial charge >= 0.3 is 6.09 Å². The van der Waals surface area contributed by atoms with Crippen molar-refractivity contribution < 1.29 is 17.9 Å². The zero-order valence-electron chi connectivity index (χ0n) is 13.1. The van der Waals surface area contributed by atoms with Crippen LogP contribution < -0.4 is 10.1 Å². The summed E-state index contributed by atoms with van der Waals surface area (Å²) in [5.41, 5.74) is 0.438. The van der Waals surface area contributed by atoms with Gasteiger partial charge in [-0.25, -0.2) is 13.2 Å². The van der Waals surface area contributed by atoms with Crippen molar-refractivity contribution in [3.8, 4) is 5.75 Å². The molecule has 6 heteroatoms. The second kappa shape index (κ2) is 7.19. The Labute approximate surface area is 145 Å². The summed E-state index contributed by atoms with van der Waals surface area (Å²) in [6.45, 7) is 0. The smallest absolute Gasteiger partial charge is 0.410 e. The lowest BCUT2D eigenvalue weighted by Crippen LogP contribution is -2.16. The molecular formula is C19H15NO4S. The lowest BCUT2D eigenvalue weighted by atomic mass is 10.3. The van der Waals surface area contributed by atoms with E-state index in [4.69, 9.17) is 4.74 Å². The van der Waals surface area contributed by atoms with Crippen molar-refractivity contribution in [2.75, 3.05) is 5.32 Å². The predicted octanol–water partition coefficient (Wildman–Crippen LogP) is 4.13. The third kappa shape index (κ3) is 4.05. The highest BCUT2D eigenvalue weighted by molar-refractivity contribution is 7.91. The summed E-state index contributed by atoms with van der Waals surface area (Å²) in [7, 11) is -3.58. The molecule has 0 aliphatic rings. The first kappa shape index (κ1) is 16.7. The lowest BCUT2D eigenvalue weighted by molar-refractivity contribution is 0.215. The van der Waals surface area contributed by atoms with Crippen molar-refractivity contribution in [3.63, 3.8) is 0 Å². The number of anilines is 1. The maximum Gasteiger partial charge on any atom is 0.417 e. The van der Waals surface area contributed by atoms with Crippen molar-refractivity contribution in [2.24, 2.45) is 0 Å². The van der Waals surface area contributed by atoms with Gasteiger partial charge in [0.2, 0.25) is 9.84 Å². The van der Waals surface area contributed by atoms with Crippen LogP contribution in [0.3, 0.4) is 0 Å². The Balaban J connectivity index is 1.71. The summed E-state index contributed by atoms with van der Waals surface area (Å²) in [6, 6.07) is 22.7. The summed E-state index contributed by atoms with van der Waals surface area (Å²) < 4.78 is 30.1. The zero-order chi connectivity index (χ0) is 17.7.